The van der Waals surface area contributed by atoms with Gasteiger partial charge in [0.25, 0.3) is 0 Å². The van der Waals surface area contributed by atoms with E-state index in [1.807, 2.05) is 24.3 Å². The van der Waals surface area contributed by atoms with Crippen LogP contribution in [0.4, 0.5) is 5.69 Å². The Kier molecular flexibility index (Phi) is 2.56. The molecule has 1 saturated heterocycles. The van der Waals surface area contributed by atoms with Gasteiger partial charge in [0, 0.05) is 11.8 Å². The van der Waals surface area contributed by atoms with Crippen LogP contribution in [0.3, 0.4) is 0 Å². The van der Waals surface area contributed by atoms with E-state index in [4.69, 9.17) is 4.74 Å². The summed E-state index contributed by atoms with van der Waals surface area (Å²) >= 11 is 0. The number of anilines is 1. The molecule has 15 heavy (non-hydrogen) atoms. The smallest absolute Gasteiger partial charge is 0.154 e. The van der Waals surface area contributed by atoms with Crippen LogP contribution in [-0.2, 0) is 9.84 Å². The number of hydrogen-bond donors (Lipinski definition) is 1. The number of ether oxygens (including phenoxy) is 1. The van der Waals surface area contributed by atoms with Crippen LogP contribution in [0.2, 0.25) is 0 Å². The minimum Gasteiger partial charge on any atom is -0.497 e. The molecule has 0 saturated carbocycles. The normalized spacial score (nSPS) is 19.3. The van der Waals surface area contributed by atoms with Crippen LogP contribution >= 0.6 is 0 Å². The van der Waals surface area contributed by atoms with E-state index >= 15 is 0 Å². The van der Waals surface area contributed by atoms with Crippen molar-refractivity contribution in [3.63, 3.8) is 0 Å². The molecule has 0 spiro atoms. The molecule has 1 N–H and O–H groups in total. The Hall–Kier alpha value is -1.23. The largest absolute Gasteiger partial charge is 0.497 e. The van der Waals surface area contributed by atoms with Gasteiger partial charge in [-0.1, -0.05) is 6.07 Å². The average molecular weight is 227 g/mol. The summed E-state index contributed by atoms with van der Waals surface area (Å²) in [4.78, 5) is 0. The van der Waals surface area contributed by atoms with Crippen molar-refractivity contribution in [3.05, 3.63) is 24.3 Å². The third-order valence-corrected chi connectivity index (χ3v) is 4.17. The first-order valence-electron chi connectivity index (χ1n) is 4.70. The highest BCUT2D eigenvalue weighted by atomic mass is 32.2. The zero-order valence-electron chi connectivity index (χ0n) is 8.43. The Morgan fingerprint density at radius 3 is 2.73 bits per heavy atom. The fourth-order valence-electron chi connectivity index (χ4n) is 1.60. The monoisotopic (exact) mass is 227 g/mol. The number of sulfone groups is 1. The van der Waals surface area contributed by atoms with E-state index in [0.29, 0.717) is 0 Å². The zero-order valence-corrected chi connectivity index (χ0v) is 9.25. The highest BCUT2D eigenvalue weighted by molar-refractivity contribution is 7.92. The summed E-state index contributed by atoms with van der Waals surface area (Å²) < 4.78 is 27.0. The molecule has 0 radical (unpaired) electrons. The third kappa shape index (κ3) is 2.41. The Morgan fingerprint density at radius 2 is 2.13 bits per heavy atom. The molecule has 0 aliphatic carbocycles. The van der Waals surface area contributed by atoms with Crippen LogP contribution in [0.25, 0.3) is 0 Å². The molecular weight excluding hydrogens is 214 g/mol. The predicted molar refractivity (Wildman–Crippen MR) is 59.1 cm³/mol. The quantitative estimate of drug-likeness (QED) is 0.833. The van der Waals surface area contributed by atoms with Gasteiger partial charge in [0.05, 0.1) is 24.7 Å². The number of rotatable bonds is 3. The minimum absolute atomic E-state index is 0.0436. The second kappa shape index (κ2) is 3.73. The first-order chi connectivity index (χ1) is 7.09. The van der Waals surface area contributed by atoms with E-state index in [9.17, 15) is 8.42 Å². The van der Waals surface area contributed by atoms with Crippen molar-refractivity contribution in [3.8, 4) is 5.75 Å². The predicted octanol–water partition coefficient (Wildman–Crippen LogP) is 0.904. The van der Waals surface area contributed by atoms with Crippen LogP contribution in [0.1, 0.15) is 0 Å². The topological polar surface area (TPSA) is 55.4 Å². The van der Waals surface area contributed by atoms with Gasteiger partial charge in [-0.3, -0.25) is 0 Å². The summed E-state index contributed by atoms with van der Waals surface area (Å²) in [5, 5.41) is 3.15. The van der Waals surface area contributed by atoms with Crippen molar-refractivity contribution in [2.75, 3.05) is 23.9 Å². The van der Waals surface area contributed by atoms with Crippen molar-refractivity contribution in [1.82, 2.24) is 0 Å². The second-order valence-electron chi connectivity index (χ2n) is 3.65. The van der Waals surface area contributed by atoms with Gasteiger partial charge in [-0.15, -0.1) is 0 Å². The average Bonchev–Trinajstić information content (AvgIpc) is 2.15. The molecule has 1 aliphatic heterocycles. The fourth-order valence-corrected chi connectivity index (χ4v) is 2.89. The van der Waals surface area contributed by atoms with Crippen LogP contribution in [0.5, 0.6) is 5.75 Å². The summed E-state index contributed by atoms with van der Waals surface area (Å²) in [5.74, 6) is 1.22. The molecule has 0 amide bonds. The second-order valence-corrected chi connectivity index (χ2v) is 5.80. The molecule has 82 valence electrons. The summed E-state index contributed by atoms with van der Waals surface area (Å²) in [5.41, 5.74) is 0.897. The third-order valence-electron chi connectivity index (χ3n) is 2.35. The van der Waals surface area contributed by atoms with E-state index in [1.165, 1.54) is 0 Å². The molecule has 5 heteroatoms. The summed E-state index contributed by atoms with van der Waals surface area (Å²) in [7, 11) is -1.16. The summed E-state index contributed by atoms with van der Waals surface area (Å²) in [6, 6.07) is 7.51. The highest BCUT2D eigenvalue weighted by Crippen LogP contribution is 2.20. The molecule has 1 aliphatic rings. The highest BCUT2D eigenvalue weighted by Gasteiger charge is 2.33. The van der Waals surface area contributed by atoms with E-state index < -0.39 is 9.84 Å². The van der Waals surface area contributed by atoms with Gasteiger partial charge in [-0.25, -0.2) is 8.42 Å². The lowest BCUT2D eigenvalue weighted by molar-refractivity contribution is 0.415. The van der Waals surface area contributed by atoms with Crippen molar-refractivity contribution in [2.24, 2.45) is 0 Å². The maximum Gasteiger partial charge on any atom is 0.154 e. The number of hydrogen-bond acceptors (Lipinski definition) is 4. The molecular formula is C10H13NO3S. The van der Waals surface area contributed by atoms with Crippen molar-refractivity contribution in [2.45, 2.75) is 6.04 Å². The van der Waals surface area contributed by atoms with Crippen LogP contribution in [0.15, 0.2) is 24.3 Å². The first-order valence-corrected chi connectivity index (χ1v) is 6.52. The van der Waals surface area contributed by atoms with E-state index in [1.54, 1.807) is 7.11 Å². The first kappa shape index (κ1) is 10.3. The van der Waals surface area contributed by atoms with Crippen molar-refractivity contribution < 1.29 is 13.2 Å². The fraction of sp³-hybridized carbons (Fsp3) is 0.400. The molecule has 4 nitrogen and oxygen atoms in total. The SMILES string of the molecule is COc1cccc(NC2CS(=O)(=O)C2)c1. The van der Waals surface area contributed by atoms with Crippen molar-refractivity contribution in [1.29, 1.82) is 0 Å². The maximum absolute atomic E-state index is 10.9. The molecule has 0 atom stereocenters. The summed E-state index contributed by atoms with van der Waals surface area (Å²) in [6.45, 7) is 0. The number of methoxy groups -OCH3 is 1. The molecule has 1 aromatic rings. The van der Waals surface area contributed by atoms with Gasteiger partial charge in [0.2, 0.25) is 0 Å². The van der Waals surface area contributed by atoms with Crippen LogP contribution in [0, 0.1) is 0 Å². The lowest BCUT2D eigenvalue weighted by Gasteiger charge is -2.27. The molecule has 0 aromatic heterocycles. The van der Waals surface area contributed by atoms with Crippen LogP contribution < -0.4 is 10.1 Å². The zero-order chi connectivity index (χ0) is 10.9. The van der Waals surface area contributed by atoms with E-state index in [2.05, 4.69) is 5.32 Å². The molecule has 1 fully saturated rings. The minimum atomic E-state index is -2.76. The van der Waals surface area contributed by atoms with Gasteiger partial charge >= 0.3 is 0 Å². The van der Waals surface area contributed by atoms with Gasteiger partial charge in [-0.2, -0.15) is 0 Å². The number of benzene rings is 1. The Bertz CT molecular complexity index is 443. The molecule has 1 aromatic carbocycles. The van der Waals surface area contributed by atoms with Gasteiger partial charge in [0.1, 0.15) is 5.75 Å². The standard InChI is InChI=1S/C10H13NO3S/c1-14-10-4-2-3-8(5-10)11-9-6-15(12,13)7-9/h2-5,9,11H,6-7H2,1H3. The maximum atomic E-state index is 10.9. The van der Waals surface area contributed by atoms with E-state index in [0.717, 1.165) is 11.4 Å². The van der Waals surface area contributed by atoms with Crippen LogP contribution in [-0.4, -0.2) is 33.1 Å². The lowest BCUT2D eigenvalue weighted by Crippen LogP contribution is -2.46. The Labute approximate surface area is 89.2 Å². The molecule has 2 rings (SSSR count). The van der Waals surface area contributed by atoms with Gasteiger partial charge in [-0.05, 0) is 12.1 Å². The van der Waals surface area contributed by atoms with Crippen molar-refractivity contribution >= 4 is 15.5 Å². The molecule has 0 bridgehead atoms. The summed E-state index contributed by atoms with van der Waals surface area (Å²) in [6.07, 6.45) is 0. The van der Waals surface area contributed by atoms with E-state index in [-0.39, 0.29) is 17.5 Å². The lowest BCUT2D eigenvalue weighted by atomic mass is 10.2. The Balaban J connectivity index is 2.00. The molecule has 1 heterocycles. The number of nitrogens with one attached hydrogen (secondary N) is 1. The Morgan fingerprint density at radius 1 is 1.40 bits per heavy atom. The molecule has 0 unspecified atom stereocenters. The van der Waals surface area contributed by atoms with Gasteiger partial charge < -0.3 is 10.1 Å². The van der Waals surface area contributed by atoms with Gasteiger partial charge in [0.15, 0.2) is 9.84 Å².